The summed E-state index contributed by atoms with van der Waals surface area (Å²) in [5, 5.41) is 3.58. The molecule has 1 aromatic rings. The van der Waals surface area contributed by atoms with Crippen molar-refractivity contribution in [3.05, 3.63) is 22.6 Å². The summed E-state index contributed by atoms with van der Waals surface area (Å²) >= 11 is 3.57. The molecule has 3 heteroatoms. The highest BCUT2D eigenvalue weighted by Gasteiger charge is 2.39. The molecule has 1 aromatic heterocycles. The molecule has 0 bridgehead atoms. The van der Waals surface area contributed by atoms with Crippen molar-refractivity contribution >= 4 is 15.9 Å². The second-order valence-electron chi connectivity index (χ2n) is 4.98. The largest absolute Gasteiger partial charge is 0.466 e. The topological polar surface area (TPSA) is 25.2 Å². The Balaban J connectivity index is 2.26. The Morgan fingerprint density at radius 2 is 2.19 bits per heavy atom. The molecule has 0 saturated heterocycles. The van der Waals surface area contributed by atoms with E-state index in [1.165, 1.54) is 25.7 Å². The summed E-state index contributed by atoms with van der Waals surface area (Å²) in [6, 6.07) is 2.32. The van der Waals surface area contributed by atoms with Crippen LogP contribution in [0.5, 0.6) is 0 Å². The fraction of sp³-hybridized carbons (Fsp3) is 0.692. The standard InChI is InChI=1S/C13H20BrNO/c1-3-15-12(11-10(14)6-9-16-11)13(2)7-4-5-8-13/h6,9,12,15H,3-5,7-8H2,1-2H3. The first-order valence-corrected chi connectivity index (χ1v) is 6.93. The highest BCUT2D eigenvalue weighted by molar-refractivity contribution is 9.10. The number of hydrogen-bond acceptors (Lipinski definition) is 2. The lowest BCUT2D eigenvalue weighted by atomic mass is 9.79. The molecule has 1 saturated carbocycles. The Morgan fingerprint density at radius 3 is 2.69 bits per heavy atom. The van der Waals surface area contributed by atoms with Crippen molar-refractivity contribution in [3.8, 4) is 0 Å². The van der Waals surface area contributed by atoms with Crippen LogP contribution in [0.25, 0.3) is 0 Å². The van der Waals surface area contributed by atoms with E-state index in [1.54, 1.807) is 6.26 Å². The van der Waals surface area contributed by atoms with Crippen molar-refractivity contribution in [3.63, 3.8) is 0 Å². The van der Waals surface area contributed by atoms with Crippen LogP contribution in [0.3, 0.4) is 0 Å². The lowest BCUT2D eigenvalue weighted by Crippen LogP contribution is -2.34. The average Bonchev–Trinajstić information content (AvgIpc) is 2.85. The minimum Gasteiger partial charge on any atom is -0.466 e. The van der Waals surface area contributed by atoms with Gasteiger partial charge in [-0.15, -0.1) is 0 Å². The third-order valence-electron chi connectivity index (χ3n) is 3.76. The molecule has 90 valence electrons. The van der Waals surface area contributed by atoms with Crippen LogP contribution >= 0.6 is 15.9 Å². The molecule has 1 N–H and O–H groups in total. The van der Waals surface area contributed by atoms with Gasteiger partial charge in [-0.3, -0.25) is 0 Å². The van der Waals surface area contributed by atoms with Gasteiger partial charge < -0.3 is 9.73 Å². The molecule has 2 nitrogen and oxygen atoms in total. The van der Waals surface area contributed by atoms with Crippen molar-refractivity contribution < 1.29 is 4.42 Å². The first-order valence-electron chi connectivity index (χ1n) is 6.13. The van der Waals surface area contributed by atoms with Gasteiger partial charge in [0.05, 0.1) is 16.8 Å². The molecule has 0 radical (unpaired) electrons. The van der Waals surface area contributed by atoms with Gasteiger partial charge in [-0.1, -0.05) is 26.7 Å². The van der Waals surface area contributed by atoms with E-state index in [-0.39, 0.29) is 0 Å². The van der Waals surface area contributed by atoms with E-state index < -0.39 is 0 Å². The van der Waals surface area contributed by atoms with Crippen LogP contribution in [0.4, 0.5) is 0 Å². The smallest absolute Gasteiger partial charge is 0.135 e. The van der Waals surface area contributed by atoms with E-state index in [0.717, 1.165) is 16.8 Å². The maximum absolute atomic E-state index is 5.65. The van der Waals surface area contributed by atoms with Crippen molar-refractivity contribution in [1.82, 2.24) is 5.32 Å². The Kier molecular flexibility index (Phi) is 3.75. The van der Waals surface area contributed by atoms with Gasteiger partial charge in [0, 0.05) is 0 Å². The first-order chi connectivity index (χ1) is 7.67. The van der Waals surface area contributed by atoms with E-state index in [0.29, 0.717) is 11.5 Å². The molecule has 16 heavy (non-hydrogen) atoms. The molecule has 0 aromatic carbocycles. The minimum atomic E-state index is 0.337. The average molecular weight is 286 g/mol. The zero-order valence-electron chi connectivity index (χ0n) is 10.1. The number of halogens is 1. The van der Waals surface area contributed by atoms with Gasteiger partial charge in [-0.25, -0.2) is 0 Å². The number of nitrogens with one attached hydrogen (secondary N) is 1. The molecule has 1 aliphatic rings. The van der Waals surface area contributed by atoms with E-state index in [1.807, 2.05) is 6.07 Å². The lowest BCUT2D eigenvalue weighted by molar-refractivity contribution is 0.198. The van der Waals surface area contributed by atoms with Gasteiger partial charge in [0.2, 0.25) is 0 Å². The predicted molar refractivity (Wildman–Crippen MR) is 69.4 cm³/mol. The van der Waals surface area contributed by atoms with Gasteiger partial charge in [0.25, 0.3) is 0 Å². The Morgan fingerprint density at radius 1 is 1.50 bits per heavy atom. The molecule has 1 heterocycles. The van der Waals surface area contributed by atoms with Crippen LogP contribution in [0.2, 0.25) is 0 Å². The molecule has 1 fully saturated rings. The number of rotatable bonds is 4. The Bertz CT molecular complexity index is 341. The molecular weight excluding hydrogens is 266 g/mol. The first kappa shape index (κ1) is 12.2. The molecule has 1 aliphatic carbocycles. The van der Waals surface area contributed by atoms with Crippen molar-refractivity contribution in [2.45, 2.75) is 45.6 Å². The Hall–Kier alpha value is -0.280. The third-order valence-corrected chi connectivity index (χ3v) is 4.41. The maximum Gasteiger partial charge on any atom is 0.135 e. The molecular formula is C13H20BrNO. The van der Waals surface area contributed by atoms with Crippen molar-refractivity contribution in [2.75, 3.05) is 6.54 Å². The summed E-state index contributed by atoms with van der Waals surface area (Å²) in [4.78, 5) is 0. The zero-order chi connectivity index (χ0) is 11.6. The van der Waals surface area contributed by atoms with Crippen LogP contribution < -0.4 is 5.32 Å². The van der Waals surface area contributed by atoms with E-state index in [4.69, 9.17) is 4.42 Å². The molecule has 0 spiro atoms. The van der Waals surface area contributed by atoms with Gasteiger partial charge in [0.15, 0.2) is 0 Å². The van der Waals surface area contributed by atoms with Gasteiger partial charge in [-0.2, -0.15) is 0 Å². The van der Waals surface area contributed by atoms with Gasteiger partial charge in [0.1, 0.15) is 5.76 Å². The van der Waals surface area contributed by atoms with Crippen LogP contribution in [0.15, 0.2) is 21.2 Å². The van der Waals surface area contributed by atoms with Crippen LogP contribution in [0.1, 0.15) is 51.3 Å². The fourth-order valence-electron chi connectivity index (χ4n) is 2.84. The van der Waals surface area contributed by atoms with Crippen LogP contribution in [-0.2, 0) is 0 Å². The minimum absolute atomic E-state index is 0.337. The van der Waals surface area contributed by atoms with E-state index in [9.17, 15) is 0 Å². The SMILES string of the molecule is CCNC(c1occc1Br)C1(C)CCCC1. The summed E-state index contributed by atoms with van der Waals surface area (Å²) in [6.45, 7) is 5.51. The fourth-order valence-corrected chi connectivity index (χ4v) is 3.27. The van der Waals surface area contributed by atoms with E-state index >= 15 is 0 Å². The van der Waals surface area contributed by atoms with Gasteiger partial charge in [-0.05, 0) is 46.8 Å². The lowest BCUT2D eigenvalue weighted by Gasteiger charge is -2.33. The summed E-state index contributed by atoms with van der Waals surface area (Å²) in [5.74, 6) is 1.06. The zero-order valence-corrected chi connectivity index (χ0v) is 11.6. The third kappa shape index (κ3) is 2.21. The number of hydrogen-bond donors (Lipinski definition) is 1. The van der Waals surface area contributed by atoms with Crippen LogP contribution in [-0.4, -0.2) is 6.54 Å². The summed E-state index contributed by atoms with van der Waals surface area (Å²) < 4.78 is 6.74. The summed E-state index contributed by atoms with van der Waals surface area (Å²) in [7, 11) is 0. The quantitative estimate of drug-likeness (QED) is 0.894. The molecule has 1 atom stereocenters. The normalized spacial score (nSPS) is 21.2. The van der Waals surface area contributed by atoms with Crippen molar-refractivity contribution in [1.29, 1.82) is 0 Å². The maximum atomic E-state index is 5.65. The highest BCUT2D eigenvalue weighted by Crippen LogP contribution is 2.48. The van der Waals surface area contributed by atoms with Crippen molar-refractivity contribution in [2.24, 2.45) is 5.41 Å². The highest BCUT2D eigenvalue weighted by atomic mass is 79.9. The monoisotopic (exact) mass is 285 g/mol. The summed E-state index contributed by atoms with van der Waals surface area (Å²) in [5.41, 5.74) is 0.344. The van der Waals surface area contributed by atoms with Gasteiger partial charge >= 0.3 is 0 Å². The Labute approximate surface area is 106 Å². The second-order valence-corrected chi connectivity index (χ2v) is 5.84. The summed E-state index contributed by atoms with van der Waals surface area (Å²) in [6.07, 6.45) is 7.03. The van der Waals surface area contributed by atoms with Crippen LogP contribution in [0, 0.1) is 5.41 Å². The molecule has 0 amide bonds. The predicted octanol–water partition coefficient (Wildman–Crippen LogP) is 4.27. The van der Waals surface area contributed by atoms with E-state index in [2.05, 4.69) is 35.1 Å². The molecule has 2 rings (SSSR count). The number of furan rings is 1. The second kappa shape index (κ2) is 4.92. The molecule has 0 aliphatic heterocycles. The molecule has 1 unspecified atom stereocenters.